The van der Waals surface area contributed by atoms with E-state index in [0.717, 1.165) is 10.4 Å². The van der Waals surface area contributed by atoms with Gasteiger partial charge in [0, 0.05) is 46.7 Å². The van der Waals surface area contributed by atoms with Gasteiger partial charge in [-0.2, -0.15) is 0 Å². The van der Waals surface area contributed by atoms with Crippen molar-refractivity contribution >= 4 is 92.0 Å². The van der Waals surface area contributed by atoms with Gasteiger partial charge in [-0.1, -0.05) is 60.1 Å². The maximum Gasteiger partial charge on any atom is 0.0626 e. The first-order valence-electron chi connectivity index (χ1n) is 10.4. The molecule has 0 bridgehead atoms. The molecule has 0 amide bonds. The van der Waals surface area contributed by atoms with E-state index >= 15 is 0 Å². The van der Waals surface area contributed by atoms with Gasteiger partial charge in [0.05, 0.1) is 16.6 Å². The Morgan fingerprint density at radius 1 is 0.548 bits per heavy atom. The van der Waals surface area contributed by atoms with E-state index in [-0.39, 0.29) is 0 Å². The summed E-state index contributed by atoms with van der Waals surface area (Å²) in [4.78, 5) is 0. The molecule has 3 aromatic heterocycles. The molecule has 3 heteroatoms. The number of halogens is 1. The van der Waals surface area contributed by atoms with Crippen LogP contribution in [-0.4, -0.2) is 4.40 Å². The lowest BCUT2D eigenvalue weighted by Crippen LogP contribution is -1.85. The van der Waals surface area contributed by atoms with Gasteiger partial charge in [0.1, 0.15) is 0 Å². The zero-order valence-corrected chi connectivity index (χ0v) is 17.9. The van der Waals surface area contributed by atoms with Gasteiger partial charge in [-0.3, -0.25) is 0 Å². The van der Waals surface area contributed by atoms with Crippen molar-refractivity contribution in [3.63, 3.8) is 0 Å². The number of hydrogen-bond donors (Lipinski definition) is 0. The molecule has 0 atom stereocenters. The number of para-hydroxylation sites is 1. The van der Waals surface area contributed by atoms with Crippen molar-refractivity contribution in [2.45, 2.75) is 0 Å². The van der Waals surface area contributed by atoms with Crippen molar-refractivity contribution in [3.8, 4) is 0 Å². The zero-order chi connectivity index (χ0) is 20.3. The van der Waals surface area contributed by atoms with Crippen LogP contribution in [0.1, 0.15) is 0 Å². The van der Waals surface area contributed by atoms with Crippen molar-refractivity contribution in [3.05, 3.63) is 90.0 Å². The van der Waals surface area contributed by atoms with E-state index in [4.69, 9.17) is 11.6 Å². The lowest BCUT2D eigenvalue weighted by Gasteiger charge is -2.07. The van der Waals surface area contributed by atoms with E-state index in [2.05, 4.69) is 83.3 Å². The summed E-state index contributed by atoms with van der Waals surface area (Å²) in [6.07, 6.45) is 0. The summed E-state index contributed by atoms with van der Waals surface area (Å²) in [5.74, 6) is 0. The van der Waals surface area contributed by atoms with Crippen LogP contribution in [0.25, 0.3) is 69.0 Å². The Balaban J connectivity index is 1.93. The molecule has 0 fully saturated rings. The summed E-state index contributed by atoms with van der Waals surface area (Å²) in [5, 5.41) is 11.0. The van der Waals surface area contributed by atoms with Gasteiger partial charge in [-0.05, 0) is 47.2 Å². The number of nitrogens with zero attached hydrogens (tertiary/aromatic N) is 1. The molecule has 8 rings (SSSR count). The predicted molar refractivity (Wildman–Crippen MR) is 137 cm³/mol. The molecule has 0 aliphatic rings. The van der Waals surface area contributed by atoms with Crippen LogP contribution in [0.5, 0.6) is 0 Å². The molecule has 1 nitrogen and oxygen atoms in total. The third kappa shape index (κ3) is 1.85. The fourth-order valence-corrected chi connectivity index (χ4v) is 6.98. The third-order valence-electron chi connectivity index (χ3n) is 6.77. The number of benzene rings is 5. The maximum absolute atomic E-state index is 6.75. The average molecular weight is 432 g/mol. The molecule has 0 aliphatic carbocycles. The minimum Gasteiger partial charge on any atom is -0.308 e. The monoisotopic (exact) mass is 431 g/mol. The molecule has 0 unspecified atom stereocenters. The summed E-state index contributed by atoms with van der Waals surface area (Å²) < 4.78 is 5.15. The van der Waals surface area contributed by atoms with Crippen LogP contribution in [0.2, 0.25) is 5.02 Å². The van der Waals surface area contributed by atoms with E-state index in [1.807, 2.05) is 17.4 Å². The van der Waals surface area contributed by atoms with Gasteiger partial charge in [-0.25, -0.2) is 0 Å². The molecule has 0 aliphatic heterocycles. The summed E-state index contributed by atoms with van der Waals surface area (Å²) in [6, 6.07) is 30.8. The van der Waals surface area contributed by atoms with Gasteiger partial charge in [0.15, 0.2) is 0 Å². The third-order valence-corrected chi connectivity index (χ3v) is 8.22. The van der Waals surface area contributed by atoms with Gasteiger partial charge >= 0.3 is 0 Å². The molecule has 0 spiro atoms. The normalized spacial score (nSPS) is 12.7. The Labute approximate surface area is 186 Å². The molecule has 0 saturated heterocycles. The molecule has 144 valence electrons. The number of hydrogen-bond acceptors (Lipinski definition) is 1. The highest BCUT2D eigenvalue weighted by molar-refractivity contribution is 7.26. The molecule has 0 radical (unpaired) electrons. The summed E-state index contributed by atoms with van der Waals surface area (Å²) in [5.41, 5.74) is 3.78. The first-order chi connectivity index (χ1) is 15.3. The number of aromatic nitrogens is 1. The first kappa shape index (κ1) is 16.4. The topological polar surface area (TPSA) is 4.41 Å². The molecule has 0 N–H and O–H groups in total. The molecular formula is C28H14ClNS. The van der Waals surface area contributed by atoms with Crippen molar-refractivity contribution < 1.29 is 0 Å². The second kappa shape index (κ2) is 5.47. The SMILES string of the molecule is Clc1cccc2c1cc1c3cccc4sc5cccc(c5c43)n3c4ccccc4c2c13. The molecule has 31 heavy (non-hydrogen) atoms. The van der Waals surface area contributed by atoms with Crippen LogP contribution in [0.4, 0.5) is 0 Å². The van der Waals surface area contributed by atoms with Gasteiger partial charge in [-0.15, -0.1) is 11.3 Å². The minimum atomic E-state index is 0.803. The van der Waals surface area contributed by atoms with E-state index < -0.39 is 0 Å². The zero-order valence-electron chi connectivity index (χ0n) is 16.3. The van der Waals surface area contributed by atoms with E-state index in [9.17, 15) is 0 Å². The second-order valence-corrected chi connectivity index (χ2v) is 9.76. The Hall–Kier alpha value is -3.33. The molecular weight excluding hydrogens is 418 g/mol. The Bertz CT molecular complexity index is 2010. The van der Waals surface area contributed by atoms with Gasteiger partial charge in [0.2, 0.25) is 0 Å². The minimum absolute atomic E-state index is 0.803. The molecule has 3 heterocycles. The van der Waals surface area contributed by atoms with Gasteiger partial charge in [0.25, 0.3) is 0 Å². The number of thiophene rings is 1. The van der Waals surface area contributed by atoms with Crippen LogP contribution in [0.15, 0.2) is 84.9 Å². The van der Waals surface area contributed by atoms with Gasteiger partial charge < -0.3 is 4.40 Å². The smallest absolute Gasteiger partial charge is 0.0626 e. The predicted octanol–water partition coefficient (Wildman–Crippen LogP) is 9.01. The molecule has 5 aromatic carbocycles. The van der Waals surface area contributed by atoms with Crippen LogP contribution < -0.4 is 0 Å². The number of rotatable bonds is 0. The standard InChI is InChI=1S/C28H14ClNS/c29-20-9-3-7-15-18(20)14-19-16-8-4-12-23-26(16)27-22(11-5-13-24(27)31-23)30-21-10-2-1-6-17(21)25(15)28(19)30/h1-14H. The van der Waals surface area contributed by atoms with E-state index in [1.165, 1.54) is 63.7 Å². The first-order valence-corrected chi connectivity index (χ1v) is 11.6. The van der Waals surface area contributed by atoms with Crippen molar-refractivity contribution in [2.24, 2.45) is 0 Å². The van der Waals surface area contributed by atoms with Crippen molar-refractivity contribution in [1.29, 1.82) is 0 Å². The summed E-state index contributed by atoms with van der Waals surface area (Å²) in [7, 11) is 0. The average Bonchev–Trinajstić information content (AvgIpc) is 3.31. The van der Waals surface area contributed by atoms with Crippen LogP contribution in [-0.2, 0) is 0 Å². The maximum atomic E-state index is 6.75. The fourth-order valence-electron chi connectivity index (χ4n) is 5.60. The van der Waals surface area contributed by atoms with Crippen LogP contribution in [0.3, 0.4) is 0 Å². The summed E-state index contributed by atoms with van der Waals surface area (Å²) in [6.45, 7) is 0. The highest BCUT2D eigenvalue weighted by Crippen LogP contribution is 2.47. The Kier molecular flexibility index (Phi) is 2.89. The van der Waals surface area contributed by atoms with E-state index in [0.29, 0.717) is 0 Å². The second-order valence-electron chi connectivity index (χ2n) is 8.27. The van der Waals surface area contributed by atoms with Crippen LogP contribution in [0, 0.1) is 0 Å². The highest BCUT2D eigenvalue weighted by Gasteiger charge is 2.21. The van der Waals surface area contributed by atoms with Crippen molar-refractivity contribution in [1.82, 2.24) is 4.40 Å². The largest absolute Gasteiger partial charge is 0.308 e. The van der Waals surface area contributed by atoms with Crippen LogP contribution >= 0.6 is 22.9 Å². The molecule has 8 aromatic rings. The number of fused-ring (bicyclic) bond motifs is 7. The Morgan fingerprint density at radius 2 is 1.23 bits per heavy atom. The highest BCUT2D eigenvalue weighted by atomic mass is 35.5. The lowest BCUT2D eigenvalue weighted by atomic mass is 9.98. The Morgan fingerprint density at radius 3 is 2.13 bits per heavy atom. The van der Waals surface area contributed by atoms with Crippen molar-refractivity contribution in [2.75, 3.05) is 0 Å². The lowest BCUT2D eigenvalue weighted by molar-refractivity contribution is 1.36. The van der Waals surface area contributed by atoms with E-state index in [1.54, 1.807) is 0 Å². The summed E-state index contributed by atoms with van der Waals surface area (Å²) >= 11 is 8.63. The quantitative estimate of drug-likeness (QED) is 0.225. The molecule has 0 saturated carbocycles. The fraction of sp³-hybridized carbons (Fsp3) is 0.